The minimum absolute atomic E-state index is 0.629. The highest BCUT2D eigenvalue weighted by Crippen LogP contribution is 2.27. The summed E-state index contributed by atoms with van der Waals surface area (Å²) in [6.07, 6.45) is 7.77. The van der Waals surface area contributed by atoms with Crippen molar-refractivity contribution in [3.05, 3.63) is 30.4 Å². The molecule has 7 nitrogen and oxygen atoms in total. The molecule has 1 saturated heterocycles. The van der Waals surface area contributed by atoms with Crippen molar-refractivity contribution in [3.8, 4) is 11.1 Å². The molecule has 0 aromatic carbocycles. The third-order valence-corrected chi connectivity index (χ3v) is 5.18. The summed E-state index contributed by atoms with van der Waals surface area (Å²) in [7, 11) is 1.90. The number of anilines is 1. The van der Waals surface area contributed by atoms with E-state index < -0.39 is 0 Å². The van der Waals surface area contributed by atoms with Crippen LogP contribution in [0.5, 0.6) is 0 Å². The fourth-order valence-corrected chi connectivity index (χ4v) is 3.99. The Labute approximate surface area is 148 Å². The standard InChI is InChI=1S/C15H18IN7/c1-21-9-11(6-18-21)13-7-19-23-14(17)5-12(20-15(13)23)4-10-2-3-22(16)8-10/h5-7,9-10H,2-4,8,17H2,1H3. The Bertz CT molecular complexity index is 853. The van der Waals surface area contributed by atoms with Gasteiger partial charge in [0.25, 0.3) is 0 Å². The zero-order valence-corrected chi connectivity index (χ0v) is 15.0. The molecule has 1 aliphatic heterocycles. The molecule has 1 fully saturated rings. The minimum atomic E-state index is 0.629. The van der Waals surface area contributed by atoms with Gasteiger partial charge in [-0.2, -0.15) is 14.7 Å². The first kappa shape index (κ1) is 14.9. The summed E-state index contributed by atoms with van der Waals surface area (Å²) in [4.78, 5) is 4.83. The number of rotatable bonds is 3. The lowest BCUT2D eigenvalue weighted by atomic mass is 10.0. The van der Waals surface area contributed by atoms with Crippen LogP contribution in [-0.4, -0.2) is 40.6 Å². The van der Waals surface area contributed by atoms with Gasteiger partial charge >= 0.3 is 0 Å². The maximum atomic E-state index is 6.18. The van der Waals surface area contributed by atoms with Crippen LogP contribution in [0.3, 0.4) is 0 Å². The van der Waals surface area contributed by atoms with Crippen LogP contribution >= 0.6 is 22.9 Å². The predicted octanol–water partition coefficient (Wildman–Crippen LogP) is 1.93. The SMILES string of the molecule is Cn1cc(-c2cnn3c(N)cc(CC4CCN(I)C4)nc23)cn1. The molecule has 0 radical (unpaired) electrons. The number of aromatic nitrogens is 5. The van der Waals surface area contributed by atoms with Gasteiger partial charge in [-0.1, -0.05) is 0 Å². The number of hydrogen-bond acceptors (Lipinski definition) is 5. The summed E-state index contributed by atoms with van der Waals surface area (Å²) in [6, 6.07) is 1.95. The van der Waals surface area contributed by atoms with E-state index in [2.05, 4.69) is 36.2 Å². The molecule has 4 rings (SSSR count). The Kier molecular flexibility index (Phi) is 3.72. The summed E-state index contributed by atoms with van der Waals surface area (Å²) in [6.45, 7) is 2.26. The molecule has 0 amide bonds. The summed E-state index contributed by atoms with van der Waals surface area (Å²) in [5.41, 5.74) is 10.00. The van der Waals surface area contributed by atoms with Crippen LogP contribution in [0.4, 0.5) is 5.82 Å². The summed E-state index contributed by atoms with van der Waals surface area (Å²) in [5, 5.41) is 8.60. The predicted molar refractivity (Wildman–Crippen MR) is 97.0 cm³/mol. The van der Waals surface area contributed by atoms with E-state index in [0.717, 1.165) is 42.0 Å². The summed E-state index contributed by atoms with van der Waals surface area (Å²) < 4.78 is 5.81. The maximum absolute atomic E-state index is 6.18. The van der Waals surface area contributed by atoms with Crippen molar-refractivity contribution in [1.82, 2.24) is 27.5 Å². The Morgan fingerprint density at radius 1 is 1.35 bits per heavy atom. The molecule has 4 heterocycles. The quantitative estimate of drug-likeness (QED) is 0.515. The van der Waals surface area contributed by atoms with Crippen LogP contribution in [0.15, 0.2) is 24.7 Å². The van der Waals surface area contributed by atoms with Crippen molar-refractivity contribution in [2.45, 2.75) is 12.8 Å². The molecule has 1 unspecified atom stereocenters. The lowest BCUT2D eigenvalue weighted by molar-refractivity contribution is 0.537. The maximum Gasteiger partial charge on any atom is 0.165 e. The molecule has 0 bridgehead atoms. The van der Waals surface area contributed by atoms with Crippen molar-refractivity contribution in [2.24, 2.45) is 13.0 Å². The summed E-state index contributed by atoms with van der Waals surface area (Å²) >= 11 is 2.39. The van der Waals surface area contributed by atoms with Gasteiger partial charge in [0, 0.05) is 72.1 Å². The van der Waals surface area contributed by atoms with Crippen molar-refractivity contribution in [2.75, 3.05) is 18.8 Å². The van der Waals surface area contributed by atoms with E-state index in [1.165, 1.54) is 6.42 Å². The number of hydrogen-bond donors (Lipinski definition) is 1. The van der Waals surface area contributed by atoms with Gasteiger partial charge in [0.05, 0.1) is 12.4 Å². The summed E-state index contributed by atoms with van der Waals surface area (Å²) in [5.74, 6) is 1.27. The van der Waals surface area contributed by atoms with Crippen LogP contribution in [0.1, 0.15) is 12.1 Å². The molecule has 0 aliphatic carbocycles. The third-order valence-electron chi connectivity index (χ3n) is 4.30. The highest BCUT2D eigenvalue weighted by molar-refractivity contribution is 14.1. The molecular formula is C15H18IN7. The van der Waals surface area contributed by atoms with Gasteiger partial charge in [0.2, 0.25) is 0 Å². The van der Waals surface area contributed by atoms with Gasteiger partial charge in [-0.05, 0) is 18.8 Å². The molecule has 3 aromatic rings. The average Bonchev–Trinajstić information content (AvgIpc) is 3.19. The second kappa shape index (κ2) is 5.75. The first-order valence-corrected chi connectivity index (χ1v) is 8.59. The number of nitrogens with zero attached hydrogens (tertiary/aromatic N) is 6. The topological polar surface area (TPSA) is 77.3 Å². The van der Waals surface area contributed by atoms with E-state index in [-0.39, 0.29) is 0 Å². The molecule has 120 valence electrons. The second-order valence-electron chi connectivity index (χ2n) is 6.10. The van der Waals surface area contributed by atoms with Gasteiger partial charge in [-0.15, -0.1) is 0 Å². The third kappa shape index (κ3) is 2.80. The number of nitrogens with two attached hydrogens (primary N) is 1. The molecule has 2 N–H and O–H groups in total. The highest BCUT2D eigenvalue weighted by atomic mass is 127. The van der Waals surface area contributed by atoms with Crippen molar-refractivity contribution >= 4 is 34.3 Å². The zero-order chi connectivity index (χ0) is 16.0. The van der Waals surface area contributed by atoms with Gasteiger partial charge in [0.1, 0.15) is 5.82 Å². The normalized spacial score (nSPS) is 19.0. The Hall–Kier alpha value is -1.68. The van der Waals surface area contributed by atoms with Crippen LogP contribution in [0.2, 0.25) is 0 Å². The van der Waals surface area contributed by atoms with Crippen LogP contribution < -0.4 is 5.73 Å². The molecule has 1 aliphatic rings. The van der Waals surface area contributed by atoms with Crippen molar-refractivity contribution < 1.29 is 0 Å². The van der Waals surface area contributed by atoms with Gasteiger partial charge < -0.3 is 5.73 Å². The minimum Gasteiger partial charge on any atom is -0.384 e. The molecule has 1 atom stereocenters. The van der Waals surface area contributed by atoms with E-state index in [4.69, 9.17) is 10.7 Å². The fourth-order valence-electron chi connectivity index (χ4n) is 3.15. The molecule has 0 saturated carbocycles. The Morgan fingerprint density at radius 2 is 2.22 bits per heavy atom. The first-order chi connectivity index (χ1) is 11.1. The molecular weight excluding hydrogens is 405 g/mol. The first-order valence-electron chi connectivity index (χ1n) is 7.63. The molecule has 0 spiro atoms. The van der Waals surface area contributed by atoms with Crippen molar-refractivity contribution in [1.29, 1.82) is 0 Å². The van der Waals surface area contributed by atoms with Crippen LogP contribution in [0.25, 0.3) is 16.8 Å². The lowest BCUT2D eigenvalue weighted by Gasteiger charge is -2.10. The molecule has 3 aromatic heterocycles. The second-order valence-corrected chi connectivity index (χ2v) is 7.46. The zero-order valence-electron chi connectivity index (χ0n) is 12.9. The van der Waals surface area contributed by atoms with E-state index >= 15 is 0 Å². The Morgan fingerprint density at radius 3 is 2.91 bits per heavy atom. The van der Waals surface area contributed by atoms with Crippen LogP contribution in [-0.2, 0) is 13.5 Å². The van der Waals surface area contributed by atoms with E-state index in [1.807, 2.05) is 31.7 Å². The Balaban J connectivity index is 1.73. The van der Waals surface area contributed by atoms with Gasteiger partial charge in [-0.25, -0.2) is 8.10 Å². The number of nitrogen functional groups attached to an aromatic ring is 1. The largest absolute Gasteiger partial charge is 0.384 e. The van der Waals surface area contributed by atoms with Crippen molar-refractivity contribution in [3.63, 3.8) is 0 Å². The number of halogens is 1. The number of aryl methyl sites for hydroxylation is 1. The van der Waals surface area contributed by atoms with Crippen LogP contribution in [0, 0.1) is 5.92 Å². The van der Waals surface area contributed by atoms with E-state index in [9.17, 15) is 0 Å². The van der Waals surface area contributed by atoms with E-state index in [1.54, 1.807) is 9.20 Å². The number of fused-ring (bicyclic) bond motifs is 1. The van der Waals surface area contributed by atoms with Gasteiger partial charge in [0.15, 0.2) is 5.65 Å². The molecule has 23 heavy (non-hydrogen) atoms. The average molecular weight is 423 g/mol. The lowest BCUT2D eigenvalue weighted by Crippen LogP contribution is -2.11. The smallest absolute Gasteiger partial charge is 0.165 e. The fraction of sp³-hybridized carbons (Fsp3) is 0.400. The monoisotopic (exact) mass is 423 g/mol. The van der Waals surface area contributed by atoms with E-state index in [0.29, 0.717) is 11.7 Å². The molecule has 8 heteroatoms. The highest BCUT2D eigenvalue weighted by Gasteiger charge is 2.22. The van der Waals surface area contributed by atoms with Gasteiger partial charge in [-0.3, -0.25) is 4.68 Å².